The Bertz CT molecular complexity index is 1250. The molecule has 0 bridgehead atoms. The molecule has 5 rings (SSSR count). The van der Waals surface area contributed by atoms with E-state index >= 15 is 0 Å². The number of para-hydroxylation sites is 1. The Balaban J connectivity index is 1.24. The highest BCUT2D eigenvalue weighted by molar-refractivity contribution is 9.10. The van der Waals surface area contributed by atoms with Crippen molar-refractivity contribution < 1.29 is 9.32 Å². The number of piperazine rings is 1. The molecule has 0 radical (unpaired) electrons. The number of carbonyl (C=O) groups excluding carboxylic acids is 1. The molecule has 0 unspecified atom stereocenters. The molecule has 1 fully saturated rings. The molecule has 1 aliphatic heterocycles. The Hall–Kier alpha value is -2.97. The van der Waals surface area contributed by atoms with E-state index in [1.807, 2.05) is 72.0 Å². The van der Waals surface area contributed by atoms with Crippen LogP contribution in [0.5, 0.6) is 0 Å². The quantitative estimate of drug-likeness (QED) is 0.424. The predicted octanol–water partition coefficient (Wildman–Crippen LogP) is 4.26. The maximum atomic E-state index is 13.3. The number of fused-ring (bicyclic) bond motifs is 1. The average molecular weight is 494 g/mol. The van der Waals surface area contributed by atoms with Gasteiger partial charge >= 0.3 is 0 Å². The van der Waals surface area contributed by atoms with Crippen LogP contribution in [0, 0.1) is 6.92 Å². The molecule has 3 heterocycles. The molecule has 0 atom stereocenters. The summed E-state index contributed by atoms with van der Waals surface area (Å²) in [5.74, 6) is 1.27. The minimum absolute atomic E-state index is 0.0508. The highest BCUT2D eigenvalue weighted by atomic mass is 79.9. The van der Waals surface area contributed by atoms with Gasteiger partial charge in [0.15, 0.2) is 0 Å². The van der Waals surface area contributed by atoms with Crippen LogP contribution < -0.4 is 0 Å². The monoisotopic (exact) mass is 493 g/mol. The van der Waals surface area contributed by atoms with Crippen molar-refractivity contribution in [3.63, 3.8) is 0 Å². The molecule has 7 nitrogen and oxygen atoms in total. The lowest BCUT2D eigenvalue weighted by Crippen LogP contribution is -2.48. The largest absolute Gasteiger partial charge is 0.339 e. The van der Waals surface area contributed by atoms with Gasteiger partial charge in [-0.15, -0.1) is 0 Å². The maximum Gasteiger partial charge on any atom is 0.271 e. The van der Waals surface area contributed by atoms with Crippen LogP contribution in [0.1, 0.15) is 21.9 Å². The lowest BCUT2D eigenvalue weighted by Gasteiger charge is -2.34. The number of aromatic nitrogens is 3. The number of amides is 1. The third-order valence-electron chi connectivity index (χ3n) is 6.12. The van der Waals surface area contributed by atoms with E-state index in [0.717, 1.165) is 39.6 Å². The first kappa shape index (κ1) is 20.9. The molecule has 164 valence electrons. The van der Waals surface area contributed by atoms with Gasteiger partial charge in [-0.25, -0.2) is 0 Å². The Labute approximate surface area is 194 Å². The average Bonchev–Trinajstić information content (AvgIpc) is 3.37. The van der Waals surface area contributed by atoms with Crippen molar-refractivity contribution in [1.29, 1.82) is 0 Å². The van der Waals surface area contributed by atoms with Crippen molar-refractivity contribution in [2.24, 2.45) is 7.05 Å². The Morgan fingerprint density at radius 1 is 1.06 bits per heavy atom. The van der Waals surface area contributed by atoms with Gasteiger partial charge in [0.1, 0.15) is 5.69 Å². The number of halogens is 1. The normalized spacial score (nSPS) is 14.9. The van der Waals surface area contributed by atoms with E-state index in [1.54, 1.807) is 0 Å². The zero-order valence-electron chi connectivity index (χ0n) is 18.1. The summed E-state index contributed by atoms with van der Waals surface area (Å²) in [5.41, 5.74) is 3.84. The van der Waals surface area contributed by atoms with Gasteiger partial charge in [0.2, 0.25) is 11.7 Å². The summed E-state index contributed by atoms with van der Waals surface area (Å²) >= 11 is 3.65. The van der Waals surface area contributed by atoms with Crippen LogP contribution >= 0.6 is 15.9 Å². The molecule has 0 saturated carbocycles. The standard InChI is InChI=1S/C24H24BrN5O2/c1-16-7-3-4-8-17(16)23-26-20(32-27-23)15-29-11-13-30(14-12-29)24(31)22-21(25)18-9-5-6-10-19(18)28(22)2/h3-10H,11-15H2,1-2H3. The SMILES string of the molecule is Cc1ccccc1-c1noc(CN2CCN(C(=O)c3c(Br)c4ccccc4n3C)CC2)n1. The summed E-state index contributed by atoms with van der Waals surface area (Å²) in [4.78, 5) is 22.0. The van der Waals surface area contributed by atoms with Gasteiger partial charge in [-0.1, -0.05) is 47.6 Å². The van der Waals surface area contributed by atoms with Crippen molar-refractivity contribution in [1.82, 2.24) is 24.5 Å². The first-order chi connectivity index (χ1) is 15.5. The lowest BCUT2D eigenvalue weighted by atomic mass is 10.1. The van der Waals surface area contributed by atoms with Gasteiger partial charge in [0.25, 0.3) is 5.91 Å². The van der Waals surface area contributed by atoms with Gasteiger partial charge in [-0.2, -0.15) is 4.98 Å². The second kappa shape index (κ2) is 8.52. The smallest absolute Gasteiger partial charge is 0.271 e. The van der Waals surface area contributed by atoms with Gasteiger partial charge < -0.3 is 14.0 Å². The van der Waals surface area contributed by atoms with Crippen LogP contribution in [0.4, 0.5) is 0 Å². The summed E-state index contributed by atoms with van der Waals surface area (Å²) in [6, 6.07) is 16.1. The predicted molar refractivity (Wildman–Crippen MR) is 126 cm³/mol. The van der Waals surface area contributed by atoms with Gasteiger partial charge in [0, 0.05) is 49.7 Å². The van der Waals surface area contributed by atoms with E-state index in [2.05, 4.69) is 31.0 Å². The first-order valence-electron chi connectivity index (χ1n) is 10.7. The third kappa shape index (κ3) is 3.73. The Morgan fingerprint density at radius 3 is 2.53 bits per heavy atom. The summed E-state index contributed by atoms with van der Waals surface area (Å²) < 4.78 is 8.32. The molecule has 0 spiro atoms. The molecule has 32 heavy (non-hydrogen) atoms. The van der Waals surface area contributed by atoms with Crippen molar-refractivity contribution >= 4 is 32.7 Å². The minimum Gasteiger partial charge on any atom is -0.339 e. The van der Waals surface area contributed by atoms with Crippen molar-refractivity contribution in [3.05, 3.63) is 70.2 Å². The lowest BCUT2D eigenvalue weighted by molar-refractivity contribution is 0.0605. The number of aryl methyl sites for hydroxylation is 2. The summed E-state index contributed by atoms with van der Waals surface area (Å²) in [7, 11) is 1.94. The van der Waals surface area contributed by atoms with E-state index in [4.69, 9.17) is 4.52 Å². The molecule has 2 aromatic heterocycles. The highest BCUT2D eigenvalue weighted by Gasteiger charge is 2.28. The third-order valence-corrected chi connectivity index (χ3v) is 6.92. The summed E-state index contributed by atoms with van der Waals surface area (Å²) in [5, 5.41) is 5.20. The Morgan fingerprint density at radius 2 is 1.78 bits per heavy atom. The molecule has 0 aliphatic carbocycles. The van der Waals surface area contributed by atoms with E-state index in [0.29, 0.717) is 37.0 Å². The van der Waals surface area contributed by atoms with E-state index in [9.17, 15) is 4.79 Å². The number of benzene rings is 2. The highest BCUT2D eigenvalue weighted by Crippen LogP contribution is 2.31. The second-order valence-electron chi connectivity index (χ2n) is 8.13. The Kier molecular flexibility index (Phi) is 5.57. The summed E-state index contributed by atoms with van der Waals surface area (Å²) in [6.07, 6.45) is 0. The fourth-order valence-corrected chi connectivity index (χ4v) is 5.06. The molecule has 4 aromatic rings. The summed E-state index contributed by atoms with van der Waals surface area (Å²) in [6.45, 7) is 5.45. The van der Waals surface area contributed by atoms with Gasteiger partial charge in [0.05, 0.1) is 11.0 Å². The van der Waals surface area contributed by atoms with Crippen molar-refractivity contribution in [2.75, 3.05) is 26.2 Å². The molecule has 2 aromatic carbocycles. The first-order valence-corrected chi connectivity index (χ1v) is 11.5. The molecule has 8 heteroatoms. The molecule has 1 aliphatic rings. The van der Waals surface area contributed by atoms with Crippen LogP contribution in [-0.4, -0.2) is 56.6 Å². The van der Waals surface area contributed by atoms with Crippen LogP contribution in [0.3, 0.4) is 0 Å². The van der Waals surface area contributed by atoms with E-state index < -0.39 is 0 Å². The van der Waals surface area contributed by atoms with Crippen LogP contribution in [0.15, 0.2) is 57.5 Å². The van der Waals surface area contributed by atoms with E-state index in [-0.39, 0.29) is 5.91 Å². The van der Waals surface area contributed by atoms with Crippen molar-refractivity contribution in [3.8, 4) is 11.4 Å². The number of hydrogen-bond donors (Lipinski definition) is 0. The topological polar surface area (TPSA) is 67.4 Å². The minimum atomic E-state index is 0.0508. The van der Waals surface area contributed by atoms with Gasteiger partial charge in [-0.3, -0.25) is 9.69 Å². The maximum absolute atomic E-state index is 13.3. The molecule has 0 N–H and O–H groups in total. The van der Waals surface area contributed by atoms with Crippen molar-refractivity contribution in [2.45, 2.75) is 13.5 Å². The number of carbonyl (C=O) groups is 1. The van der Waals surface area contributed by atoms with Crippen LogP contribution in [-0.2, 0) is 13.6 Å². The molecular formula is C24H24BrN5O2. The number of hydrogen-bond acceptors (Lipinski definition) is 5. The van der Waals surface area contributed by atoms with Crippen LogP contribution in [0.25, 0.3) is 22.3 Å². The fraction of sp³-hybridized carbons (Fsp3) is 0.292. The molecular weight excluding hydrogens is 470 g/mol. The van der Waals surface area contributed by atoms with Gasteiger partial charge in [-0.05, 0) is 34.5 Å². The molecule has 1 saturated heterocycles. The number of rotatable bonds is 4. The zero-order valence-corrected chi connectivity index (χ0v) is 19.7. The zero-order chi connectivity index (χ0) is 22.2. The molecule has 1 amide bonds. The number of nitrogens with zero attached hydrogens (tertiary/aromatic N) is 5. The fourth-order valence-electron chi connectivity index (χ4n) is 4.29. The second-order valence-corrected chi connectivity index (χ2v) is 8.93. The van der Waals surface area contributed by atoms with E-state index in [1.165, 1.54) is 0 Å². The van der Waals surface area contributed by atoms with Crippen LogP contribution in [0.2, 0.25) is 0 Å².